The fourth-order valence-corrected chi connectivity index (χ4v) is 6.37. The van der Waals surface area contributed by atoms with Crippen LogP contribution < -0.4 is 9.64 Å². The number of methoxy groups -OCH3 is 1. The van der Waals surface area contributed by atoms with Crippen LogP contribution in [0.4, 0.5) is 10.6 Å². The molecule has 1 amide bonds. The number of nitrogens with zero attached hydrogens (tertiary/aromatic N) is 3. The summed E-state index contributed by atoms with van der Waals surface area (Å²) in [4.78, 5) is 22.5. The summed E-state index contributed by atoms with van der Waals surface area (Å²) in [5.74, 6) is 2.39. The average molecular weight is 526 g/mol. The minimum Gasteiger partial charge on any atom is -0.496 e. The molecule has 2 atom stereocenters. The lowest BCUT2D eigenvalue weighted by molar-refractivity contribution is 0.130. The van der Waals surface area contributed by atoms with Crippen molar-refractivity contribution in [2.24, 2.45) is 0 Å². The van der Waals surface area contributed by atoms with Gasteiger partial charge in [-0.25, -0.2) is 9.78 Å². The molecular weight excluding hydrogens is 486 g/mol. The SMILES string of the molecule is COc1ccc(C2CCCCC2)cc1-c1ccc(N2CCC2)nc1CN1C(=O)OC(c2cccc(C)c2)C1C. The van der Waals surface area contributed by atoms with E-state index in [0.29, 0.717) is 12.5 Å². The highest BCUT2D eigenvalue weighted by atomic mass is 16.6. The molecule has 3 aliphatic rings. The number of benzene rings is 2. The van der Waals surface area contributed by atoms with Crippen LogP contribution in [-0.4, -0.2) is 42.2 Å². The molecule has 2 aromatic carbocycles. The Kier molecular flexibility index (Phi) is 7.20. The molecular formula is C33H39N3O3. The first-order valence-electron chi connectivity index (χ1n) is 14.5. The lowest BCUT2D eigenvalue weighted by Gasteiger charge is -2.33. The third kappa shape index (κ3) is 5.09. The maximum atomic E-state index is 13.2. The summed E-state index contributed by atoms with van der Waals surface area (Å²) in [7, 11) is 1.73. The number of ether oxygens (including phenoxy) is 2. The Hall–Kier alpha value is -3.54. The third-order valence-electron chi connectivity index (χ3n) is 8.81. The molecule has 1 aromatic heterocycles. The predicted octanol–water partition coefficient (Wildman–Crippen LogP) is 7.41. The van der Waals surface area contributed by atoms with E-state index < -0.39 is 0 Å². The van der Waals surface area contributed by atoms with E-state index in [1.54, 1.807) is 7.11 Å². The normalized spacial score (nSPS) is 21.6. The largest absolute Gasteiger partial charge is 0.496 e. The summed E-state index contributed by atoms with van der Waals surface area (Å²) in [5.41, 5.74) is 6.51. The van der Waals surface area contributed by atoms with Gasteiger partial charge in [-0.2, -0.15) is 0 Å². The number of carbonyl (C=O) groups is 1. The molecule has 0 radical (unpaired) electrons. The third-order valence-corrected chi connectivity index (χ3v) is 8.81. The summed E-state index contributed by atoms with van der Waals surface area (Å²) in [6, 6.07) is 19.0. The van der Waals surface area contributed by atoms with Crippen LogP contribution in [0, 0.1) is 6.92 Å². The van der Waals surface area contributed by atoms with E-state index >= 15 is 0 Å². The second-order valence-electron chi connectivity index (χ2n) is 11.4. The van der Waals surface area contributed by atoms with Gasteiger partial charge in [0.2, 0.25) is 0 Å². The Morgan fingerprint density at radius 1 is 0.949 bits per heavy atom. The zero-order valence-electron chi connectivity index (χ0n) is 23.4. The molecule has 204 valence electrons. The zero-order valence-corrected chi connectivity index (χ0v) is 23.4. The number of aromatic nitrogens is 1. The highest BCUT2D eigenvalue weighted by Crippen LogP contribution is 2.41. The highest BCUT2D eigenvalue weighted by Gasteiger charge is 2.40. The first-order chi connectivity index (χ1) is 19.0. The maximum Gasteiger partial charge on any atom is 0.411 e. The maximum absolute atomic E-state index is 13.2. The smallest absolute Gasteiger partial charge is 0.411 e. The van der Waals surface area contributed by atoms with Crippen molar-refractivity contribution < 1.29 is 14.3 Å². The van der Waals surface area contributed by atoms with Gasteiger partial charge in [-0.15, -0.1) is 0 Å². The molecule has 3 aromatic rings. The first-order valence-corrected chi connectivity index (χ1v) is 14.5. The minimum absolute atomic E-state index is 0.114. The molecule has 2 aliphatic heterocycles. The summed E-state index contributed by atoms with van der Waals surface area (Å²) in [5, 5.41) is 0. The van der Waals surface area contributed by atoms with Crippen LogP contribution >= 0.6 is 0 Å². The van der Waals surface area contributed by atoms with E-state index in [1.807, 2.05) is 17.0 Å². The van der Waals surface area contributed by atoms with Crippen LogP contribution in [0.15, 0.2) is 54.6 Å². The fraction of sp³-hybridized carbons (Fsp3) is 0.455. The number of hydrogen-bond donors (Lipinski definition) is 0. The van der Waals surface area contributed by atoms with Crippen molar-refractivity contribution in [2.75, 3.05) is 25.1 Å². The Bertz CT molecular complexity index is 1350. The Balaban J connectivity index is 1.37. The van der Waals surface area contributed by atoms with Crippen LogP contribution in [0.3, 0.4) is 0 Å². The average Bonchev–Trinajstić information content (AvgIpc) is 3.21. The minimum atomic E-state index is -0.302. The molecule has 39 heavy (non-hydrogen) atoms. The predicted molar refractivity (Wildman–Crippen MR) is 154 cm³/mol. The lowest BCUT2D eigenvalue weighted by Crippen LogP contribution is -2.38. The number of rotatable bonds is 7. The van der Waals surface area contributed by atoms with Crippen molar-refractivity contribution in [1.29, 1.82) is 0 Å². The van der Waals surface area contributed by atoms with Gasteiger partial charge in [0.15, 0.2) is 0 Å². The second kappa shape index (κ2) is 10.9. The van der Waals surface area contributed by atoms with Crippen molar-refractivity contribution in [3.63, 3.8) is 0 Å². The molecule has 1 aliphatic carbocycles. The monoisotopic (exact) mass is 525 g/mol. The van der Waals surface area contributed by atoms with Crippen LogP contribution in [0.1, 0.15) is 79.9 Å². The molecule has 6 heteroatoms. The molecule has 0 bridgehead atoms. The zero-order chi connectivity index (χ0) is 26.9. The van der Waals surface area contributed by atoms with E-state index in [1.165, 1.54) is 44.1 Å². The molecule has 0 spiro atoms. The van der Waals surface area contributed by atoms with Gasteiger partial charge in [0.05, 0.1) is 25.4 Å². The summed E-state index contributed by atoms with van der Waals surface area (Å²) in [6.45, 7) is 6.56. The van der Waals surface area contributed by atoms with E-state index in [9.17, 15) is 4.79 Å². The van der Waals surface area contributed by atoms with Gasteiger partial charge in [-0.3, -0.25) is 4.90 Å². The number of aryl methyl sites for hydroxylation is 1. The van der Waals surface area contributed by atoms with Gasteiger partial charge in [0.1, 0.15) is 17.7 Å². The molecule has 3 heterocycles. The van der Waals surface area contributed by atoms with Gasteiger partial charge in [-0.05, 0) is 74.4 Å². The van der Waals surface area contributed by atoms with Crippen LogP contribution in [0.25, 0.3) is 11.1 Å². The number of carbonyl (C=O) groups excluding carboxylic acids is 1. The van der Waals surface area contributed by atoms with Crippen LogP contribution in [-0.2, 0) is 11.3 Å². The van der Waals surface area contributed by atoms with Gasteiger partial charge >= 0.3 is 6.09 Å². The summed E-state index contributed by atoms with van der Waals surface area (Å²) in [6.07, 6.45) is 6.98. The van der Waals surface area contributed by atoms with Crippen molar-refractivity contribution in [1.82, 2.24) is 9.88 Å². The molecule has 6 rings (SSSR count). The quantitative estimate of drug-likeness (QED) is 0.322. The topological polar surface area (TPSA) is 54.9 Å². The fourth-order valence-electron chi connectivity index (χ4n) is 6.37. The van der Waals surface area contributed by atoms with Gasteiger partial charge < -0.3 is 14.4 Å². The molecule has 2 unspecified atom stereocenters. The molecule has 6 nitrogen and oxygen atoms in total. The van der Waals surface area contributed by atoms with E-state index in [-0.39, 0.29) is 18.2 Å². The van der Waals surface area contributed by atoms with Crippen molar-refractivity contribution in [3.8, 4) is 16.9 Å². The molecule has 0 N–H and O–H groups in total. The van der Waals surface area contributed by atoms with Crippen LogP contribution in [0.5, 0.6) is 5.75 Å². The highest BCUT2D eigenvalue weighted by molar-refractivity contribution is 5.76. The number of cyclic esters (lactones) is 1. The first kappa shape index (κ1) is 25.7. The second-order valence-corrected chi connectivity index (χ2v) is 11.4. The summed E-state index contributed by atoms with van der Waals surface area (Å²) >= 11 is 0. The van der Waals surface area contributed by atoms with Gasteiger partial charge in [0.25, 0.3) is 0 Å². The Labute approximate surface area is 231 Å². The van der Waals surface area contributed by atoms with E-state index in [0.717, 1.165) is 52.6 Å². The van der Waals surface area contributed by atoms with Crippen LogP contribution in [0.2, 0.25) is 0 Å². The lowest BCUT2D eigenvalue weighted by atomic mass is 9.83. The number of pyridine rings is 1. The molecule has 3 fully saturated rings. The Morgan fingerprint density at radius 2 is 1.77 bits per heavy atom. The number of anilines is 1. The van der Waals surface area contributed by atoms with E-state index in [2.05, 4.69) is 61.2 Å². The van der Waals surface area contributed by atoms with Gasteiger partial charge in [-0.1, -0.05) is 55.2 Å². The van der Waals surface area contributed by atoms with Crippen molar-refractivity contribution >= 4 is 11.9 Å². The van der Waals surface area contributed by atoms with Crippen molar-refractivity contribution in [3.05, 3.63) is 77.0 Å². The Morgan fingerprint density at radius 3 is 2.49 bits per heavy atom. The number of amides is 1. The summed E-state index contributed by atoms with van der Waals surface area (Å²) < 4.78 is 11.8. The van der Waals surface area contributed by atoms with Gasteiger partial charge in [0, 0.05) is 24.2 Å². The molecule has 1 saturated carbocycles. The van der Waals surface area contributed by atoms with E-state index in [4.69, 9.17) is 14.5 Å². The standard InChI is InChI=1S/C33H39N3O3/c1-22-9-7-12-26(19-22)32-23(2)36(33(37)39-32)21-29-27(14-16-31(34-29)35-17-8-18-35)28-20-25(13-15-30(28)38-3)24-10-5-4-6-11-24/h7,9,12-16,19-20,23-24,32H,4-6,8,10-11,17-18,21H2,1-3H3. The number of hydrogen-bond acceptors (Lipinski definition) is 5. The van der Waals surface area contributed by atoms with Crippen molar-refractivity contribution in [2.45, 2.75) is 77.0 Å². The molecule has 2 saturated heterocycles.